The van der Waals surface area contributed by atoms with Gasteiger partial charge in [-0.1, -0.05) is 140 Å². The van der Waals surface area contributed by atoms with Crippen LogP contribution in [-0.4, -0.2) is 72.0 Å². The third-order valence-corrected chi connectivity index (χ3v) is 15.7. The van der Waals surface area contributed by atoms with Crippen LogP contribution >= 0.6 is 6.89 Å². The zero-order valence-corrected chi connectivity index (χ0v) is 43.1. The summed E-state index contributed by atoms with van der Waals surface area (Å²) in [4.78, 5) is 34.2. The van der Waals surface area contributed by atoms with Crippen molar-refractivity contribution in [2.24, 2.45) is 0 Å². The van der Waals surface area contributed by atoms with Crippen LogP contribution < -0.4 is 25.4 Å². The Kier molecular flexibility index (Phi) is 18.5. The molecule has 0 amide bonds. The van der Waals surface area contributed by atoms with Crippen LogP contribution in [0.1, 0.15) is 27.3 Å². The van der Waals surface area contributed by atoms with Gasteiger partial charge in [0.05, 0.1) is 51.2 Å². The van der Waals surface area contributed by atoms with Gasteiger partial charge in [-0.3, -0.25) is 4.79 Å². The average Bonchev–Trinajstić information content (AvgIpc) is 4.16. The SMILES string of the molecule is COC(=O)/C=C/c1ccc(-c2cc(C(F)(F)F)nn2-c2ccc(OC)cc2)cc1.COC(=O)C=P(c1ccccc1)(c1ccccc1)c1ccccc1.COc1ccc(-n2nc(C(F)(F)F)cc2-c2ccc(C=O)cc2)cc1. The molecule has 78 heavy (non-hydrogen) atoms. The highest BCUT2D eigenvalue weighted by Gasteiger charge is 2.36. The van der Waals surface area contributed by atoms with Crippen molar-refractivity contribution in [1.82, 2.24) is 19.6 Å². The van der Waals surface area contributed by atoms with Gasteiger partial charge in [0.2, 0.25) is 0 Å². The van der Waals surface area contributed by atoms with E-state index in [4.69, 9.17) is 14.2 Å². The van der Waals surface area contributed by atoms with Gasteiger partial charge in [0.25, 0.3) is 0 Å². The summed E-state index contributed by atoms with van der Waals surface area (Å²) in [7, 11) is 5.71. The minimum Gasteiger partial charge on any atom is -0.497 e. The lowest BCUT2D eigenvalue weighted by atomic mass is 10.1. The van der Waals surface area contributed by atoms with E-state index in [1.54, 1.807) is 109 Å². The van der Waals surface area contributed by atoms with Gasteiger partial charge in [-0.25, -0.2) is 19.0 Å². The molecule has 18 heteroatoms. The Morgan fingerprint density at radius 3 is 1.15 bits per heavy atom. The maximum absolute atomic E-state index is 13.3. The number of rotatable bonds is 13. The highest BCUT2D eigenvalue weighted by atomic mass is 31.2. The Balaban J connectivity index is 0.000000170. The predicted octanol–water partition coefficient (Wildman–Crippen LogP) is 12.1. The van der Waals surface area contributed by atoms with Crippen molar-refractivity contribution in [2.45, 2.75) is 12.4 Å². The number of hydrogen-bond acceptors (Lipinski definition) is 9. The summed E-state index contributed by atoms with van der Waals surface area (Å²) >= 11 is 0. The molecule has 0 radical (unpaired) electrons. The Morgan fingerprint density at radius 2 is 0.833 bits per heavy atom. The second kappa shape index (κ2) is 25.6. The molecule has 0 saturated carbocycles. The summed E-state index contributed by atoms with van der Waals surface area (Å²) in [5.41, 5.74) is 1.71. The van der Waals surface area contributed by atoms with E-state index in [-0.39, 0.29) is 17.4 Å². The zero-order valence-electron chi connectivity index (χ0n) is 42.2. The molecule has 0 saturated heterocycles. The highest BCUT2D eigenvalue weighted by Crippen LogP contribution is 2.44. The monoisotopic (exact) mass is 1080 g/mol. The van der Waals surface area contributed by atoms with Crippen LogP contribution in [0.15, 0.2) is 206 Å². The molecule has 0 aliphatic heterocycles. The number of nitrogens with zero attached hydrogens (tertiary/aromatic N) is 4. The molecule has 11 nitrogen and oxygen atoms in total. The quantitative estimate of drug-likeness (QED) is 0.0365. The number of hydrogen-bond donors (Lipinski definition) is 0. The standard InChI is InChI=1S/C21H17F3N2O3.C21H19O2P.C18H13F3N2O2/c1-28-17-10-8-16(9-11-17)26-18(13-19(25-26)21(22,23)24)15-6-3-14(4-7-15)5-12-20(27)29-2;1-23-21(22)17-24(18-11-5-2-6-12-18,19-13-7-3-8-14-19)20-15-9-4-10-16-20;1-25-15-8-6-14(7-9-15)23-16(10-17(22-23)18(19,20)21)13-4-2-12(11-24)3-5-13/h3-13H,1-2H3;2-17H,1H3;2-11H,1H3/b12-5+;;. The lowest BCUT2D eigenvalue weighted by Crippen LogP contribution is -2.28. The normalized spacial score (nSPS) is 11.3. The number of esters is 2. The van der Waals surface area contributed by atoms with Crippen molar-refractivity contribution in [3.05, 3.63) is 229 Å². The summed E-state index contributed by atoms with van der Waals surface area (Å²) in [6.07, 6.45) is -5.65. The number of carbonyl (C=O) groups excluding carboxylic acids is 3. The maximum atomic E-state index is 13.3. The van der Waals surface area contributed by atoms with E-state index >= 15 is 0 Å². The van der Waals surface area contributed by atoms with Crippen LogP contribution in [0.2, 0.25) is 0 Å². The summed E-state index contributed by atoms with van der Waals surface area (Å²) in [6.45, 7) is -2.23. The lowest BCUT2D eigenvalue weighted by molar-refractivity contribution is -0.142. The number of halogens is 6. The first-order valence-corrected chi connectivity index (χ1v) is 25.4. The van der Waals surface area contributed by atoms with E-state index in [9.17, 15) is 40.7 Å². The molecule has 2 heterocycles. The molecular formula is C60H49F6N4O7P. The number of methoxy groups -OCH3 is 4. The van der Waals surface area contributed by atoms with Crippen molar-refractivity contribution in [3.8, 4) is 45.4 Å². The van der Waals surface area contributed by atoms with Gasteiger partial charge in [0, 0.05) is 28.6 Å². The topological polar surface area (TPSA) is 124 Å². The number of aldehydes is 1. The van der Waals surface area contributed by atoms with E-state index in [0.717, 1.165) is 28.0 Å². The van der Waals surface area contributed by atoms with Crippen LogP contribution in [0.25, 0.3) is 40.0 Å². The third kappa shape index (κ3) is 13.8. The number of aromatic nitrogens is 4. The minimum atomic E-state index is -4.57. The van der Waals surface area contributed by atoms with Gasteiger partial charge in [0.15, 0.2) is 11.4 Å². The van der Waals surface area contributed by atoms with Crippen molar-refractivity contribution in [1.29, 1.82) is 0 Å². The van der Waals surface area contributed by atoms with Crippen molar-refractivity contribution >= 4 is 52.9 Å². The maximum Gasteiger partial charge on any atom is 0.435 e. The molecule has 398 valence electrons. The van der Waals surface area contributed by atoms with Gasteiger partial charge in [-0.05, 0) is 95.1 Å². The van der Waals surface area contributed by atoms with E-state index in [2.05, 4.69) is 51.3 Å². The van der Waals surface area contributed by atoms with Crippen LogP contribution in [-0.2, 0) is 31.4 Å². The Labute approximate surface area is 445 Å². The third-order valence-electron chi connectivity index (χ3n) is 11.8. The highest BCUT2D eigenvalue weighted by molar-refractivity contribution is 7.95. The van der Waals surface area contributed by atoms with Gasteiger partial charge >= 0.3 is 24.3 Å². The Hall–Kier alpha value is -9.21. The van der Waals surface area contributed by atoms with E-state index in [1.807, 2.05) is 54.6 Å². The van der Waals surface area contributed by atoms with Crippen molar-refractivity contribution < 1.29 is 59.7 Å². The number of alkyl halides is 6. The first-order chi connectivity index (χ1) is 37.5. The molecule has 0 aliphatic carbocycles. The molecule has 0 aliphatic rings. The molecule has 7 aromatic carbocycles. The van der Waals surface area contributed by atoms with Crippen molar-refractivity contribution in [2.75, 3.05) is 28.4 Å². The largest absolute Gasteiger partial charge is 0.497 e. The van der Waals surface area contributed by atoms with E-state index in [1.165, 1.54) is 43.9 Å². The molecule has 9 aromatic rings. The van der Waals surface area contributed by atoms with Crippen LogP contribution in [0.4, 0.5) is 26.3 Å². The summed E-state index contributed by atoms with van der Waals surface area (Å²) in [6, 6.07) is 58.6. The Bertz CT molecular complexity index is 3410. The van der Waals surface area contributed by atoms with Gasteiger partial charge in [-0.15, -0.1) is 0 Å². The van der Waals surface area contributed by atoms with Crippen molar-refractivity contribution in [3.63, 3.8) is 0 Å². The van der Waals surface area contributed by atoms with Gasteiger partial charge in [0.1, 0.15) is 17.8 Å². The lowest BCUT2D eigenvalue weighted by Gasteiger charge is -2.28. The molecule has 0 unspecified atom stereocenters. The summed E-state index contributed by atoms with van der Waals surface area (Å²) in [5.74, 6) is 2.14. The fourth-order valence-corrected chi connectivity index (χ4v) is 11.6. The second-order valence-corrected chi connectivity index (χ2v) is 19.9. The Morgan fingerprint density at radius 1 is 0.474 bits per heavy atom. The number of carbonyl (C=O) groups is 3. The zero-order chi connectivity index (χ0) is 55.9. The minimum absolute atomic E-state index is 0.273. The fraction of sp³-hybridized carbons (Fsp3) is 0.100. The number of benzene rings is 7. The molecule has 2 aromatic heterocycles. The molecule has 0 fully saturated rings. The number of ether oxygens (including phenoxy) is 4. The molecular weight excluding hydrogens is 1030 g/mol. The molecule has 9 rings (SSSR count). The molecule has 0 N–H and O–H groups in total. The van der Waals surface area contributed by atoms with Crippen LogP contribution in [0, 0.1) is 0 Å². The van der Waals surface area contributed by atoms with Crippen LogP contribution in [0.3, 0.4) is 0 Å². The second-order valence-electron chi connectivity index (χ2n) is 16.6. The smallest absolute Gasteiger partial charge is 0.435 e. The first-order valence-electron chi connectivity index (χ1n) is 23.6. The first kappa shape index (κ1) is 56.5. The molecule has 0 atom stereocenters. The van der Waals surface area contributed by atoms with Crippen LogP contribution in [0.5, 0.6) is 11.5 Å². The predicted molar refractivity (Wildman–Crippen MR) is 291 cm³/mol. The molecule has 0 bridgehead atoms. The van der Waals surface area contributed by atoms with Gasteiger partial charge in [-0.2, -0.15) is 36.5 Å². The average molecular weight is 1080 g/mol. The molecule has 0 spiro atoms. The van der Waals surface area contributed by atoms with E-state index in [0.29, 0.717) is 51.4 Å². The summed E-state index contributed by atoms with van der Waals surface area (Å²) in [5, 5.41) is 10.9. The summed E-state index contributed by atoms with van der Waals surface area (Å²) < 4.78 is 101. The fourth-order valence-electron chi connectivity index (χ4n) is 7.89. The van der Waals surface area contributed by atoms with E-state index < -0.39 is 36.6 Å². The van der Waals surface area contributed by atoms with Gasteiger partial charge < -0.3 is 18.9 Å².